The number of rotatable bonds is 4. The van der Waals surface area contributed by atoms with E-state index in [1.54, 1.807) is 31.8 Å². The molecule has 2 aromatic heterocycles. The second-order valence-corrected chi connectivity index (χ2v) is 7.50. The zero-order valence-corrected chi connectivity index (χ0v) is 15.6. The van der Waals surface area contributed by atoms with Gasteiger partial charge in [-0.1, -0.05) is 6.07 Å². The molecule has 27 heavy (non-hydrogen) atoms. The Balaban J connectivity index is 1.45. The number of methoxy groups -OCH3 is 1. The van der Waals surface area contributed by atoms with Gasteiger partial charge in [-0.2, -0.15) is 0 Å². The smallest absolute Gasteiger partial charge is 0.272 e. The zero-order chi connectivity index (χ0) is 18.7. The van der Waals surface area contributed by atoms with Crippen molar-refractivity contribution in [3.63, 3.8) is 0 Å². The summed E-state index contributed by atoms with van der Waals surface area (Å²) in [5.74, 6) is 0.795. The van der Waals surface area contributed by atoms with Gasteiger partial charge in [-0.3, -0.25) is 9.78 Å². The number of likely N-dealkylation sites (tertiary alicyclic amines) is 1. The van der Waals surface area contributed by atoms with Gasteiger partial charge in [-0.15, -0.1) is 0 Å². The first-order chi connectivity index (χ1) is 13.2. The molecule has 7 heteroatoms. The lowest BCUT2D eigenvalue weighted by atomic mass is 9.76. The van der Waals surface area contributed by atoms with Crippen LogP contribution in [0.5, 0.6) is 0 Å². The van der Waals surface area contributed by atoms with E-state index in [4.69, 9.17) is 4.74 Å². The van der Waals surface area contributed by atoms with Gasteiger partial charge in [-0.05, 0) is 42.9 Å². The van der Waals surface area contributed by atoms with Crippen molar-refractivity contribution < 1.29 is 9.53 Å². The SMILES string of the molecule is COC[C@@H]1CC2(CCN(C(=O)c3ccccn3)CC2)CN1c1ncccn1. The standard InChI is InChI=1S/C20H25N5O2/c1-27-14-16-13-20(15-25(16)19-22-9-4-10-23-19)6-11-24(12-7-20)18(26)17-5-2-3-8-21-17/h2-5,8-10,16H,6-7,11-15H2,1H3/t16-/m0/s1. The van der Waals surface area contributed by atoms with Crippen LogP contribution in [-0.4, -0.2) is 65.2 Å². The minimum absolute atomic E-state index is 0.0279. The van der Waals surface area contributed by atoms with Gasteiger partial charge in [0.2, 0.25) is 5.95 Å². The van der Waals surface area contributed by atoms with Gasteiger partial charge >= 0.3 is 0 Å². The number of carbonyl (C=O) groups excluding carboxylic acids is 1. The van der Waals surface area contributed by atoms with Gasteiger partial charge in [-0.25, -0.2) is 9.97 Å². The molecule has 0 saturated carbocycles. The van der Waals surface area contributed by atoms with E-state index in [2.05, 4.69) is 19.9 Å². The minimum atomic E-state index is 0.0279. The first kappa shape index (κ1) is 17.9. The molecule has 2 aromatic rings. The molecule has 2 fully saturated rings. The Bertz CT molecular complexity index is 762. The van der Waals surface area contributed by atoms with Crippen LogP contribution < -0.4 is 4.90 Å². The molecule has 0 radical (unpaired) electrons. The summed E-state index contributed by atoms with van der Waals surface area (Å²) in [5, 5.41) is 0. The van der Waals surface area contributed by atoms with E-state index in [0.29, 0.717) is 12.3 Å². The molecule has 0 aromatic carbocycles. The fourth-order valence-corrected chi connectivity index (χ4v) is 4.38. The van der Waals surface area contributed by atoms with Gasteiger partial charge in [0.05, 0.1) is 12.6 Å². The van der Waals surface area contributed by atoms with Crippen molar-refractivity contribution in [3.05, 3.63) is 48.5 Å². The maximum absolute atomic E-state index is 12.7. The molecule has 1 spiro atoms. The minimum Gasteiger partial charge on any atom is -0.383 e. The number of hydrogen-bond acceptors (Lipinski definition) is 6. The van der Waals surface area contributed by atoms with Crippen LogP contribution in [0.25, 0.3) is 0 Å². The Kier molecular flexibility index (Phi) is 5.03. The second kappa shape index (κ2) is 7.60. The molecule has 4 heterocycles. The Morgan fingerprint density at radius 1 is 1.15 bits per heavy atom. The van der Waals surface area contributed by atoms with Gasteiger partial charge < -0.3 is 14.5 Å². The largest absolute Gasteiger partial charge is 0.383 e. The van der Waals surface area contributed by atoms with Crippen molar-refractivity contribution in [1.82, 2.24) is 19.9 Å². The summed E-state index contributed by atoms with van der Waals surface area (Å²) < 4.78 is 5.46. The van der Waals surface area contributed by atoms with Crippen LogP contribution in [0.1, 0.15) is 29.8 Å². The molecule has 0 N–H and O–H groups in total. The predicted molar refractivity (Wildman–Crippen MR) is 101 cm³/mol. The van der Waals surface area contributed by atoms with Gasteiger partial charge in [0.15, 0.2) is 0 Å². The average Bonchev–Trinajstić information content (AvgIpc) is 3.07. The molecule has 1 atom stereocenters. The van der Waals surface area contributed by atoms with Crippen LogP contribution in [0.2, 0.25) is 0 Å². The number of piperidine rings is 1. The molecule has 0 aliphatic carbocycles. The summed E-state index contributed by atoms with van der Waals surface area (Å²) in [4.78, 5) is 30.0. The summed E-state index contributed by atoms with van der Waals surface area (Å²) in [6.45, 7) is 3.10. The van der Waals surface area contributed by atoms with Crippen LogP contribution in [0.4, 0.5) is 5.95 Å². The van der Waals surface area contributed by atoms with Crippen molar-refractivity contribution in [2.75, 3.05) is 38.3 Å². The third kappa shape index (κ3) is 3.64. The normalized spacial score (nSPS) is 21.6. The number of anilines is 1. The Labute approximate surface area is 159 Å². The van der Waals surface area contributed by atoms with E-state index in [1.807, 2.05) is 23.1 Å². The van der Waals surface area contributed by atoms with Crippen molar-refractivity contribution in [2.24, 2.45) is 5.41 Å². The van der Waals surface area contributed by atoms with E-state index >= 15 is 0 Å². The number of pyridine rings is 1. The van der Waals surface area contributed by atoms with E-state index in [-0.39, 0.29) is 17.4 Å². The van der Waals surface area contributed by atoms with Gasteiger partial charge in [0.1, 0.15) is 5.69 Å². The van der Waals surface area contributed by atoms with Crippen molar-refractivity contribution in [1.29, 1.82) is 0 Å². The number of ether oxygens (including phenoxy) is 1. The fraction of sp³-hybridized carbons (Fsp3) is 0.500. The molecule has 0 unspecified atom stereocenters. The third-order valence-electron chi connectivity index (χ3n) is 5.78. The van der Waals surface area contributed by atoms with Gasteiger partial charge in [0.25, 0.3) is 5.91 Å². The molecule has 0 bridgehead atoms. The lowest BCUT2D eigenvalue weighted by molar-refractivity contribution is 0.0593. The molecule has 2 aliphatic rings. The topological polar surface area (TPSA) is 71.5 Å². The van der Waals surface area contributed by atoms with Crippen LogP contribution >= 0.6 is 0 Å². The Morgan fingerprint density at radius 3 is 2.56 bits per heavy atom. The lowest BCUT2D eigenvalue weighted by Crippen LogP contribution is -2.44. The van der Waals surface area contributed by atoms with Crippen molar-refractivity contribution in [3.8, 4) is 0 Å². The molecule has 142 valence electrons. The van der Waals surface area contributed by atoms with E-state index in [0.717, 1.165) is 44.8 Å². The summed E-state index contributed by atoms with van der Waals surface area (Å²) in [6.07, 6.45) is 8.24. The fourth-order valence-electron chi connectivity index (χ4n) is 4.38. The number of carbonyl (C=O) groups is 1. The van der Waals surface area contributed by atoms with Crippen molar-refractivity contribution in [2.45, 2.75) is 25.3 Å². The van der Waals surface area contributed by atoms with E-state index in [1.165, 1.54) is 0 Å². The molecule has 2 saturated heterocycles. The maximum atomic E-state index is 12.7. The molecule has 7 nitrogen and oxygen atoms in total. The lowest BCUT2D eigenvalue weighted by Gasteiger charge is -2.39. The zero-order valence-electron chi connectivity index (χ0n) is 15.6. The van der Waals surface area contributed by atoms with Crippen molar-refractivity contribution >= 4 is 11.9 Å². The highest BCUT2D eigenvalue weighted by Crippen LogP contribution is 2.44. The molecule has 1 amide bonds. The molecular weight excluding hydrogens is 342 g/mol. The van der Waals surface area contributed by atoms with Crippen LogP contribution in [0.15, 0.2) is 42.9 Å². The molecular formula is C20H25N5O2. The number of hydrogen-bond donors (Lipinski definition) is 0. The van der Waals surface area contributed by atoms with Crippen LogP contribution in [-0.2, 0) is 4.74 Å². The molecule has 4 rings (SSSR count). The number of nitrogens with zero attached hydrogens (tertiary/aromatic N) is 5. The highest BCUT2D eigenvalue weighted by molar-refractivity contribution is 5.92. The van der Waals surface area contributed by atoms with Crippen LogP contribution in [0.3, 0.4) is 0 Å². The Hall–Kier alpha value is -2.54. The summed E-state index contributed by atoms with van der Waals surface area (Å²) in [5.41, 5.74) is 0.708. The summed E-state index contributed by atoms with van der Waals surface area (Å²) in [6, 6.07) is 7.58. The highest BCUT2D eigenvalue weighted by atomic mass is 16.5. The third-order valence-corrected chi connectivity index (χ3v) is 5.78. The maximum Gasteiger partial charge on any atom is 0.272 e. The summed E-state index contributed by atoms with van der Waals surface area (Å²) >= 11 is 0. The second-order valence-electron chi connectivity index (χ2n) is 7.50. The first-order valence-electron chi connectivity index (χ1n) is 9.44. The van der Waals surface area contributed by atoms with E-state index in [9.17, 15) is 4.79 Å². The molecule has 2 aliphatic heterocycles. The van der Waals surface area contributed by atoms with Crippen LogP contribution in [0, 0.1) is 5.41 Å². The first-order valence-corrected chi connectivity index (χ1v) is 9.44. The summed E-state index contributed by atoms with van der Waals surface area (Å²) in [7, 11) is 1.74. The quantitative estimate of drug-likeness (QED) is 0.823. The average molecular weight is 367 g/mol. The Morgan fingerprint density at radius 2 is 1.89 bits per heavy atom. The number of amides is 1. The number of aromatic nitrogens is 3. The van der Waals surface area contributed by atoms with E-state index < -0.39 is 0 Å². The highest BCUT2D eigenvalue weighted by Gasteiger charge is 2.46. The van der Waals surface area contributed by atoms with Gasteiger partial charge in [0, 0.05) is 45.3 Å². The monoisotopic (exact) mass is 367 g/mol. The predicted octanol–water partition coefficient (Wildman–Crippen LogP) is 2.02.